The molecule has 1 aliphatic rings. The molecule has 1 aliphatic heterocycles. The Morgan fingerprint density at radius 1 is 1.00 bits per heavy atom. The zero-order chi connectivity index (χ0) is 18.1. The highest BCUT2D eigenvalue weighted by Crippen LogP contribution is 2.38. The van der Waals surface area contributed by atoms with Gasteiger partial charge in [0.1, 0.15) is 11.9 Å². The first kappa shape index (κ1) is 18.2. The summed E-state index contributed by atoms with van der Waals surface area (Å²) in [5.41, 5.74) is -2.90. The van der Waals surface area contributed by atoms with Crippen LogP contribution in [0.3, 0.4) is 0 Å². The zero-order valence-corrected chi connectivity index (χ0v) is 12.1. The topological polar surface area (TPSA) is 49.8 Å². The van der Waals surface area contributed by atoms with Gasteiger partial charge in [-0.15, -0.1) is 0 Å². The number of benzene rings is 1. The van der Waals surface area contributed by atoms with Crippen LogP contribution in [-0.2, 0) is 12.4 Å². The molecule has 4 nitrogen and oxygen atoms in total. The molecule has 1 N–H and O–H groups in total. The lowest BCUT2D eigenvalue weighted by Gasteiger charge is -2.30. The molecule has 0 radical (unpaired) electrons. The van der Waals surface area contributed by atoms with E-state index in [1.54, 1.807) is 0 Å². The Kier molecular flexibility index (Phi) is 4.86. The number of amides is 1. The van der Waals surface area contributed by atoms with Gasteiger partial charge in [-0.1, -0.05) is 0 Å². The first-order valence-corrected chi connectivity index (χ1v) is 6.91. The molecule has 10 heteroatoms. The van der Waals surface area contributed by atoms with Gasteiger partial charge in [0, 0.05) is 25.9 Å². The highest BCUT2D eigenvalue weighted by molar-refractivity contribution is 5.65. The molecule has 0 unspecified atom stereocenters. The molecule has 1 heterocycles. The van der Waals surface area contributed by atoms with Crippen molar-refractivity contribution in [3.63, 3.8) is 0 Å². The molecule has 1 fully saturated rings. The van der Waals surface area contributed by atoms with Gasteiger partial charge in [0.25, 0.3) is 0 Å². The lowest BCUT2D eigenvalue weighted by Crippen LogP contribution is -2.41. The fourth-order valence-corrected chi connectivity index (χ4v) is 2.35. The molecule has 0 saturated carbocycles. The molecule has 0 aliphatic carbocycles. The smallest absolute Gasteiger partial charge is 0.416 e. The zero-order valence-electron chi connectivity index (χ0n) is 12.1. The molecule has 1 aromatic rings. The second-order valence-electron chi connectivity index (χ2n) is 5.33. The Bertz CT molecular complexity index is 573. The van der Waals surface area contributed by atoms with Gasteiger partial charge < -0.3 is 14.7 Å². The van der Waals surface area contributed by atoms with Gasteiger partial charge in [0.15, 0.2) is 0 Å². The Balaban J connectivity index is 2.19. The van der Waals surface area contributed by atoms with Gasteiger partial charge in [-0.2, -0.15) is 26.3 Å². The number of piperidine rings is 1. The van der Waals surface area contributed by atoms with E-state index >= 15 is 0 Å². The lowest BCUT2D eigenvalue weighted by molar-refractivity contribution is -0.143. The molecular formula is C14H13F6NO3. The molecule has 0 atom stereocenters. The predicted molar refractivity (Wildman–Crippen MR) is 69.7 cm³/mol. The number of halogens is 6. The molecule has 1 saturated heterocycles. The lowest BCUT2D eigenvalue weighted by atomic mass is 10.1. The Morgan fingerprint density at radius 2 is 1.46 bits per heavy atom. The molecule has 1 amide bonds. The number of likely N-dealkylation sites (tertiary alicyclic amines) is 1. The molecule has 0 spiro atoms. The fraction of sp³-hybridized carbons (Fsp3) is 0.500. The summed E-state index contributed by atoms with van der Waals surface area (Å²) in [6.07, 6.45) is -11.3. The van der Waals surface area contributed by atoms with E-state index in [0.29, 0.717) is 12.1 Å². The van der Waals surface area contributed by atoms with Crippen molar-refractivity contribution in [2.24, 2.45) is 0 Å². The second-order valence-corrected chi connectivity index (χ2v) is 5.33. The summed E-state index contributed by atoms with van der Waals surface area (Å²) in [4.78, 5) is 11.9. The van der Waals surface area contributed by atoms with Crippen molar-refractivity contribution in [3.05, 3.63) is 29.3 Å². The van der Waals surface area contributed by atoms with Crippen molar-refractivity contribution < 1.29 is 41.0 Å². The maximum absolute atomic E-state index is 12.8. The largest absolute Gasteiger partial charge is 0.490 e. The van der Waals surface area contributed by atoms with Crippen molar-refractivity contribution in [3.8, 4) is 5.75 Å². The van der Waals surface area contributed by atoms with Crippen LogP contribution >= 0.6 is 0 Å². The average Bonchev–Trinajstić information content (AvgIpc) is 2.45. The first-order valence-electron chi connectivity index (χ1n) is 6.91. The van der Waals surface area contributed by atoms with Crippen LogP contribution in [0, 0.1) is 0 Å². The Labute approximate surface area is 132 Å². The van der Waals surface area contributed by atoms with E-state index in [1.807, 2.05) is 0 Å². The number of nitrogens with zero attached hydrogens (tertiary/aromatic N) is 1. The molecule has 0 bridgehead atoms. The minimum absolute atomic E-state index is 0.0277. The van der Waals surface area contributed by atoms with E-state index in [1.165, 1.54) is 0 Å². The summed E-state index contributed by atoms with van der Waals surface area (Å²) in [6, 6.07) is 1.05. The quantitative estimate of drug-likeness (QED) is 0.806. The first-order chi connectivity index (χ1) is 11.0. The summed E-state index contributed by atoms with van der Waals surface area (Å²) in [7, 11) is 0. The summed E-state index contributed by atoms with van der Waals surface area (Å²) in [6.45, 7) is 0.205. The van der Waals surface area contributed by atoms with E-state index < -0.39 is 41.4 Å². The summed E-state index contributed by atoms with van der Waals surface area (Å²) >= 11 is 0. The van der Waals surface area contributed by atoms with Crippen LogP contribution in [0.15, 0.2) is 18.2 Å². The van der Waals surface area contributed by atoms with Crippen LogP contribution in [0.1, 0.15) is 24.0 Å². The van der Waals surface area contributed by atoms with Crippen molar-refractivity contribution in [2.45, 2.75) is 31.3 Å². The summed E-state index contributed by atoms with van der Waals surface area (Å²) < 4.78 is 81.8. The number of alkyl halides is 6. The maximum atomic E-state index is 12.8. The van der Waals surface area contributed by atoms with Crippen LogP contribution in [0.25, 0.3) is 0 Å². The molecule has 2 rings (SSSR count). The van der Waals surface area contributed by atoms with Crippen molar-refractivity contribution in [1.82, 2.24) is 4.90 Å². The van der Waals surface area contributed by atoms with Gasteiger partial charge in [-0.3, -0.25) is 0 Å². The van der Waals surface area contributed by atoms with E-state index in [9.17, 15) is 31.1 Å². The van der Waals surface area contributed by atoms with E-state index in [4.69, 9.17) is 9.84 Å². The van der Waals surface area contributed by atoms with Crippen LogP contribution < -0.4 is 4.74 Å². The van der Waals surface area contributed by atoms with Gasteiger partial charge in [0.05, 0.1) is 11.1 Å². The molecule has 134 valence electrons. The molecule has 1 aromatic carbocycles. The third kappa shape index (κ3) is 4.45. The van der Waals surface area contributed by atoms with Crippen molar-refractivity contribution >= 4 is 6.09 Å². The van der Waals surface area contributed by atoms with E-state index in [2.05, 4.69) is 0 Å². The third-order valence-corrected chi connectivity index (χ3v) is 3.58. The normalized spacial score (nSPS) is 17.0. The third-order valence-electron chi connectivity index (χ3n) is 3.58. The van der Waals surface area contributed by atoms with E-state index in [-0.39, 0.29) is 32.0 Å². The summed E-state index contributed by atoms with van der Waals surface area (Å²) in [5.74, 6) is -0.536. The van der Waals surface area contributed by atoms with Crippen LogP contribution in [0.5, 0.6) is 5.75 Å². The van der Waals surface area contributed by atoms with Crippen LogP contribution in [-0.4, -0.2) is 35.3 Å². The van der Waals surface area contributed by atoms with Crippen LogP contribution in [0.2, 0.25) is 0 Å². The van der Waals surface area contributed by atoms with Gasteiger partial charge in [-0.05, 0) is 18.2 Å². The molecule has 24 heavy (non-hydrogen) atoms. The molecular weight excluding hydrogens is 344 g/mol. The van der Waals surface area contributed by atoms with E-state index in [0.717, 1.165) is 4.90 Å². The van der Waals surface area contributed by atoms with Gasteiger partial charge in [-0.25, -0.2) is 4.79 Å². The van der Waals surface area contributed by atoms with Crippen molar-refractivity contribution in [1.29, 1.82) is 0 Å². The van der Waals surface area contributed by atoms with Gasteiger partial charge >= 0.3 is 18.4 Å². The molecule has 0 aromatic heterocycles. The predicted octanol–water partition coefficient (Wildman–Crippen LogP) is 4.25. The Morgan fingerprint density at radius 3 is 1.83 bits per heavy atom. The number of hydrogen-bond donors (Lipinski definition) is 1. The monoisotopic (exact) mass is 357 g/mol. The highest BCUT2D eigenvalue weighted by Gasteiger charge is 2.37. The standard InChI is InChI=1S/C14H13F6NO3/c15-13(16,17)8-5-9(14(18,19)20)7-11(6-8)24-10-1-3-21(4-2-10)12(22)23/h5-7,10H,1-4H2,(H,22,23). The van der Waals surface area contributed by atoms with Crippen molar-refractivity contribution in [2.75, 3.05) is 13.1 Å². The minimum Gasteiger partial charge on any atom is -0.490 e. The fourth-order valence-electron chi connectivity index (χ4n) is 2.35. The number of ether oxygens (including phenoxy) is 1. The minimum atomic E-state index is -4.94. The number of hydrogen-bond acceptors (Lipinski definition) is 2. The average molecular weight is 357 g/mol. The highest BCUT2D eigenvalue weighted by atomic mass is 19.4. The number of rotatable bonds is 2. The number of carboxylic acid groups (broad SMARTS) is 1. The summed E-state index contributed by atoms with van der Waals surface area (Å²) in [5, 5.41) is 8.80. The maximum Gasteiger partial charge on any atom is 0.416 e. The SMILES string of the molecule is O=C(O)N1CCC(Oc2cc(C(F)(F)F)cc(C(F)(F)F)c2)CC1. The van der Waals surface area contributed by atoms with Gasteiger partial charge in [0.2, 0.25) is 0 Å². The number of carbonyl (C=O) groups is 1. The van der Waals surface area contributed by atoms with Crippen LogP contribution in [0.4, 0.5) is 31.1 Å². The Hall–Kier alpha value is -2.13. The second kappa shape index (κ2) is 6.40.